The molecule has 0 aromatic rings. The Morgan fingerprint density at radius 1 is 0.852 bits per heavy atom. The third-order valence-electron chi connectivity index (χ3n) is 4.10. The standard InChI is InChI=1S/C20H37N3O4/c1-7-8-9-16(12-24)22-19(26)18(11-14(4)5)23-20(27)17(10-13(2)3)21-15(6)25/h12-14,16-18H,7-11H2,1-6H3,(H,21,25)(H,22,26)(H,23,27)/t16-,17-,18-/m1/s1. The predicted octanol–water partition coefficient (Wildman–Crippen LogP) is 1.94. The molecule has 3 N–H and O–H groups in total. The van der Waals surface area contributed by atoms with Crippen LogP contribution in [0.1, 0.15) is 73.6 Å². The van der Waals surface area contributed by atoms with Gasteiger partial charge in [0.15, 0.2) is 0 Å². The zero-order valence-corrected chi connectivity index (χ0v) is 17.6. The van der Waals surface area contributed by atoms with Gasteiger partial charge >= 0.3 is 0 Å². The molecule has 0 spiro atoms. The van der Waals surface area contributed by atoms with Gasteiger partial charge in [-0.2, -0.15) is 0 Å². The van der Waals surface area contributed by atoms with Crippen molar-refractivity contribution in [2.24, 2.45) is 11.8 Å². The molecular weight excluding hydrogens is 346 g/mol. The van der Waals surface area contributed by atoms with Crippen molar-refractivity contribution in [3.63, 3.8) is 0 Å². The number of amides is 3. The van der Waals surface area contributed by atoms with Crippen LogP contribution in [0.4, 0.5) is 0 Å². The van der Waals surface area contributed by atoms with Crippen molar-refractivity contribution in [1.29, 1.82) is 0 Å². The number of unbranched alkanes of at least 4 members (excludes halogenated alkanes) is 1. The lowest BCUT2D eigenvalue weighted by Gasteiger charge is -2.25. The van der Waals surface area contributed by atoms with Crippen LogP contribution < -0.4 is 16.0 Å². The number of aldehydes is 1. The fourth-order valence-electron chi connectivity index (χ4n) is 2.81. The second kappa shape index (κ2) is 13.3. The summed E-state index contributed by atoms with van der Waals surface area (Å²) in [5.74, 6) is -0.650. The van der Waals surface area contributed by atoms with Crippen LogP contribution >= 0.6 is 0 Å². The summed E-state index contributed by atoms with van der Waals surface area (Å²) in [6, 6.07) is -1.98. The van der Waals surface area contributed by atoms with Gasteiger partial charge in [-0.1, -0.05) is 47.5 Å². The maximum atomic E-state index is 12.7. The van der Waals surface area contributed by atoms with Crippen LogP contribution in [0.3, 0.4) is 0 Å². The number of carbonyl (C=O) groups excluding carboxylic acids is 4. The molecule has 0 aromatic carbocycles. The Kier molecular flexibility index (Phi) is 12.3. The lowest BCUT2D eigenvalue weighted by Crippen LogP contribution is -2.55. The van der Waals surface area contributed by atoms with E-state index in [0.717, 1.165) is 19.1 Å². The predicted molar refractivity (Wildman–Crippen MR) is 106 cm³/mol. The molecular formula is C20H37N3O4. The fourth-order valence-corrected chi connectivity index (χ4v) is 2.81. The molecule has 7 nitrogen and oxygen atoms in total. The van der Waals surface area contributed by atoms with E-state index in [0.29, 0.717) is 19.3 Å². The Morgan fingerprint density at radius 3 is 1.74 bits per heavy atom. The van der Waals surface area contributed by atoms with Crippen LogP contribution in [-0.4, -0.2) is 42.1 Å². The maximum Gasteiger partial charge on any atom is 0.243 e. The number of nitrogens with one attached hydrogen (secondary N) is 3. The zero-order chi connectivity index (χ0) is 21.0. The summed E-state index contributed by atoms with van der Waals surface area (Å²) >= 11 is 0. The Bertz CT molecular complexity index is 492. The van der Waals surface area contributed by atoms with Crippen LogP contribution in [-0.2, 0) is 19.2 Å². The minimum Gasteiger partial charge on any atom is -0.345 e. The quantitative estimate of drug-likeness (QED) is 0.423. The summed E-state index contributed by atoms with van der Waals surface area (Å²) in [4.78, 5) is 47.9. The molecule has 0 heterocycles. The van der Waals surface area contributed by atoms with Gasteiger partial charge in [-0.3, -0.25) is 14.4 Å². The van der Waals surface area contributed by atoms with E-state index >= 15 is 0 Å². The van der Waals surface area contributed by atoms with Gasteiger partial charge in [0.2, 0.25) is 17.7 Å². The molecule has 0 aliphatic rings. The highest BCUT2D eigenvalue weighted by molar-refractivity contribution is 5.92. The summed E-state index contributed by atoms with van der Waals surface area (Å²) in [7, 11) is 0. The van der Waals surface area contributed by atoms with Crippen LogP contribution in [0.5, 0.6) is 0 Å². The SMILES string of the molecule is CCCC[C@H](C=O)NC(=O)[C@@H](CC(C)C)NC(=O)[C@@H](CC(C)C)NC(C)=O. The molecule has 0 saturated carbocycles. The molecule has 0 radical (unpaired) electrons. The highest BCUT2D eigenvalue weighted by Crippen LogP contribution is 2.09. The number of rotatable bonds is 13. The van der Waals surface area contributed by atoms with Gasteiger partial charge in [0.1, 0.15) is 18.4 Å². The summed E-state index contributed by atoms with van der Waals surface area (Å²) in [5.41, 5.74) is 0. The van der Waals surface area contributed by atoms with Gasteiger partial charge in [0, 0.05) is 6.92 Å². The summed E-state index contributed by atoms with van der Waals surface area (Å²) in [6.45, 7) is 11.2. The van der Waals surface area contributed by atoms with E-state index in [1.165, 1.54) is 6.92 Å². The molecule has 27 heavy (non-hydrogen) atoms. The van der Waals surface area contributed by atoms with E-state index in [4.69, 9.17) is 0 Å². The molecule has 0 aromatic heterocycles. The molecule has 3 atom stereocenters. The molecule has 0 aliphatic heterocycles. The largest absolute Gasteiger partial charge is 0.345 e. The average Bonchev–Trinajstić information content (AvgIpc) is 2.55. The smallest absolute Gasteiger partial charge is 0.243 e. The zero-order valence-electron chi connectivity index (χ0n) is 17.6. The van der Waals surface area contributed by atoms with Gasteiger partial charge in [0.05, 0.1) is 6.04 Å². The van der Waals surface area contributed by atoms with E-state index in [1.807, 2.05) is 34.6 Å². The highest BCUT2D eigenvalue weighted by atomic mass is 16.2. The Labute approximate surface area is 163 Å². The second-order valence-electron chi connectivity index (χ2n) is 7.97. The van der Waals surface area contributed by atoms with E-state index in [2.05, 4.69) is 16.0 Å². The molecule has 0 rings (SSSR count). The van der Waals surface area contributed by atoms with Crippen molar-refractivity contribution in [1.82, 2.24) is 16.0 Å². The molecule has 156 valence electrons. The first-order valence-corrected chi connectivity index (χ1v) is 9.93. The lowest BCUT2D eigenvalue weighted by molar-refractivity contribution is -0.133. The first-order chi connectivity index (χ1) is 12.6. The first-order valence-electron chi connectivity index (χ1n) is 9.93. The van der Waals surface area contributed by atoms with Crippen molar-refractivity contribution < 1.29 is 19.2 Å². The van der Waals surface area contributed by atoms with Crippen LogP contribution in [0.2, 0.25) is 0 Å². The Hall–Kier alpha value is -1.92. The summed E-state index contributed by atoms with van der Waals surface area (Å²) in [6.07, 6.45) is 4.01. The van der Waals surface area contributed by atoms with E-state index in [9.17, 15) is 19.2 Å². The maximum absolute atomic E-state index is 12.7. The average molecular weight is 384 g/mol. The minimum atomic E-state index is -0.745. The monoisotopic (exact) mass is 383 g/mol. The summed E-state index contributed by atoms with van der Waals surface area (Å²) in [5, 5.41) is 8.14. The van der Waals surface area contributed by atoms with Crippen molar-refractivity contribution in [2.75, 3.05) is 0 Å². The summed E-state index contributed by atoms with van der Waals surface area (Å²) < 4.78 is 0. The third-order valence-corrected chi connectivity index (χ3v) is 4.10. The van der Waals surface area contributed by atoms with Gasteiger partial charge in [-0.15, -0.1) is 0 Å². The Morgan fingerprint density at radius 2 is 1.33 bits per heavy atom. The minimum absolute atomic E-state index is 0.177. The number of hydrogen-bond donors (Lipinski definition) is 3. The van der Waals surface area contributed by atoms with Crippen molar-refractivity contribution in [3.8, 4) is 0 Å². The topological polar surface area (TPSA) is 104 Å². The van der Waals surface area contributed by atoms with Crippen molar-refractivity contribution in [3.05, 3.63) is 0 Å². The van der Waals surface area contributed by atoms with E-state index < -0.39 is 18.1 Å². The van der Waals surface area contributed by atoms with E-state index in [-0.39, 0.29) is 29.6 Å². The van der Waals surface area contributed by atoms with Crippen molar-refractivity contribution in [2.45, 2.75) is 91.8 Å². The van der Waals surface area contributed by atoms with Gasteiger partial charge in [-0.05, 0) is 31.1 Å². The molecule has 0 fully saturated rings. The Balaban J connectivity index is 5.14. The molecule has 0 bridgehead atoms. The normalized spacial score (nSPS) is 14.4. The molecule has 7 heteroatoms. The molecule has 0 unspecified atom stereocenters. The van der Waals surface area contributed by atoms with Crippen LogP contribution in [0.25, 0.3) is 0 Å². The molecule has 0 saturated heterocycles. The molecule has 3 amide bonds. The highest BCUT2D eigenvalue weighted by Gasteiger charge is 2.28. The first kappa shape index (κ1) is 25.1. The van der Waals surface area contributed by atoms with Crippen LogP contribution in [0, 0.1) is 11.8 Å². The van der Waals surface area contributed by atoms with Gasteiger partial charge < -0.3 is 20.7 Å². The fraction of sp³-hybridized carbons (Fsp3) is 0.800. The third kappa shape index (κ3) is 11.4. The van der Waals surface area contributed by atoms with Gasteiger partial charge in [-0.25, -0.2) is 0 Å². The lowest BCUT2D eigenvalue weighted by atomic mass is 9.99. The number of carbonyl (C=O) groups is 4. The van der Waals surface area contributed by atoms with E-state index in [1.54, 1.807) is 0 Å². The van der Waals surface area contributed by atoms with Crippen molar-refractivity contribution >= 4 is 24.0 Å². The number of hydrogen-bond acceptors (Lipinski definition) is 4. The van der Waals surface area contributed by atoms with Crippen LogP contribution in [0.15, 0.2) is 0 Å². The van der Waals surface area contributed by atoms with Gasteiger partial charge in [0.25, 0.3) is 0 Å². The molecule has 0 aliphatic carbocycles. The second-order valence-corrected chi connectivity index (χ2v) is 7.97.